The second-order valence-corrected chi connectivity index (χ2v) is 6.69. The van der Waals surface area contributed by atoms with Gasteiger partial charge in [0.2, 0.25) is 5.91 Å². The first kappa shape index (κ1) is 17.0. The van der Waals surface area contributed by atoms with Gasteiger partial charge in [-0.25, -0.2) is 19.6 Å². The number of pyridine rings is 1. The number of hydrogen-bond acceptors (Lipinski definition) is 6. The van der Waals surface area contributed by atoms with Crippen molar-refractivity contribution in [1.82, 2.24) is 30.0 Å². The Morgan fingerprint density at radius 1 is 1.15 bits per heavy atom. The van der Waals surface area contributed by atoms with E-state index in [-0.39, 0.29) is 12.3 Å². The van der Waals surface area contributed by atoms with Crippen molar-refractivity contribution in [3.63, 3.8) is 0 Å². The lowest BCUT2D eigenvalue weighted by atomic mass is 10.2. The van der Waals surface area contributed by atoms with Gasteiger partial charge in [0.15, 0.2) is 5.82 Å². The quantitative estimate of drug-likeness (QED) is 0.559. The molecule has 0 aliphatic rings. The van der Waals surface area contributed by atoms with Crippen LogP contribution in [0.4, 0.5) is 0 Å². The second kappa shape index (κ2) is 7.88. The molecule has 0 aliphatic carbocycles. The highest BCUT2D eigenvalue weighted by atomic mass is 32.1. The Hall–Kier alpha value is -3.39. The van der Waals surface area contributed by atoms with Gasteiger partial charge in [-0.1, -0.05) is 36.4 Å². The molecule has 1 N–H and O–H groups in total. The first-order valence-corrected chi connectivity index (χ1v) is 9.22. The summed E-state index contributed by atoms with van der Waals surface area (Å²) in [4.78, 5) is 25.0. The number of carbonyl (C=O) groups is 1. The van der Waals surface area contributed by atoms with Crippen molar-refractivity contribution in [2.75, 3.05) is 0 Å². The van der Waals surface area contributed by atoms with E-state index in [0.717, 1.165) is 21.8 Å². The predicted octanol–water partition coefficient (Wildman–Crippen LogP) is 2.64. The predicted molar refractivity (Wildman–Crippen MR) is 102 cm³/mol. The zero-order valence-electron chi connectivity index (χ0n) is 14.3. The Labute approximate surface area is 159 Å². The summed E-state index contributed by atoms with van der Waals surface area (Å²) in [5.41, 5.74) is 2.75. The fraction of sp³-hybridized carbons (Fsp3) is 0.105. The van der Waals surface area contributed by atoms with Crippen molar-refractivity contribution >= 4 is 17.2 Å². The molecule has 0 saturated carbocycles. The van der Waals surface area contributed by atoms with Crippen LogP contribution in [-0.4, -0.2) is 30.6 Å². The number of nitrogens with zero attached hydrogens (tertiary/aromatic N) is 5. The van der Waals surface area contributed by atoms with E-state index in [1.165, 1.54) is 6.33 Å². The Morgan fingerprint density at radius 3 is 2.78 bits per heavy atom. The van der Waals surface area contributed by atoms with Crippen LogP contribution in [0.5, 0.6) is 0 Å². The molecular weight excluding hydrogens is 360 g/mol. The van der Waals surface area contributed by atoms with Crippen molar-refractivity contribution in [2.45, 2.75) is 13.0 Å². The largest absolute Gasteiger partial charge is 0.352 e. The molecule has 0 aliphatic heterocycles. The van der Waals surface area contributed by atoms with E-state index in [1.54, 1.807) is 28.5 Å². The molecule has 134 valence electrons. The molecule has 7 nitrogen and oxygen atoms in total. The van der Waals surface area contributed by atoms with E-state index in [4.69, 9.17) is 0 Å². The summed E-state index contributed by atoms with van der Waals surface area (Å²) in [6, 6.07) is 13.7. The van der Waals surface area contributed by atoms with Gasteiger partial charge >= 0.3 is 0 Å². The molecule has 4 aromatic rings. The van der Waals surface area contributed by atoms with Gasteiger partial charge in [0.25, 0.3) is 0 Å². The molecule has 1 aromatic carbocycles. The number of hydrogen-bond donors (Lipinski definition) is 1. The van der Waals surface area contributed by atoms with Crippen LogP contribution in [-0.2, 0) is 17.8 Å². The smallest absolute Gasteiger partial charge is 0.226 e. The lowest BCUT2D eigenvalue weighted by Crippen LogP contribution is -2.24. The zero-order chi connectivity index (χ0) is 18.5. The molecule has 0 saturated heterocycles. The molecule has 4 rings (SSSR count). The molecule has 3 heterocycles. The van der Waals surface area contributed by atoms with Crippen LogP contribution in [0.25, 0.3) is 16.4 Å². The van der Waals surface area contributed by atoms with E-state index in [9.17, 15) is 4.79 Å². The highest BCUT2D eigenvalue weighted by Gasteiger charge is 2.09. The molecule has 0 unspecified atom stereocenters. The molecule has 8 heteroatoms. The zero-order valence-corrected chi connectivity index (χ0v) is 15.1. The van der Waals surface area contributed by atoms with E-state index >= 15 is 0 Å². The molecule has 3 aromatic heterocycles. The van der Waals surface area contributed by atoms with E-state index in [0.29, 0.717) is 12.4 Å². The van der Waals surface area contributed by atoms with Crippen LogP contribution in [0.3, 0.4) is 0 Å². The van der Waals surface area contributed by atoms with Crippen LogP contribution in [0, 0.1) is 0 Å². The van der Waals surface area contributed by atoms with Gasteiger partial charge in [-0.15, -0.1) is 11.3 Å². The minimum absolute atomic E-state index is 0.0692. The first-order valence-electron chi connectivity index (χ1n) is 8.34. The number of rotatable bonds is 6. The molecule has 0 bridgehead atoms. The number of benzene rings is 1. The molecule has 27 heavy (non-hydrogen) atoms. The Balaban J connectivity index is 1.32. The first-order chi connectivity index (χ1) is 13.3. The minimum atomic E-state index is -0.0692. The van der Waals surface area contributed by atoms with Crippen molar-refractivity contribution in [2.24, 2.45) is 0 Å². The summed E-state index contributed by atoms with van der Waals surface area (Å²) in [5.74, 6) is 0.610. The van der Waals surface area contributed by atoms with Gasteiger partial charge in [-0.2, -0.15) is 5.10 Å². The van der Waals surface area contributed by atoms with Crippen LogP contribution in [0.2, 0.25) is 0 Å². The summed E-state index contributed by atoms with van der Waals surface area (Å²) in [6.07, 6.45) is 5.01. The average molecular weight is 376 g/mol. The number of amides is 1. The van der Waals surface area contributed by atoms with Crippen LogP contribution < -0.4 is 5.32 Å². The number of nitrogens with one attached hydrogen (secondary N) is 1. The third-order valence-corrected chi connectivity index (χ3v) is 4.81. The van der Waals surface area contributed by atoms with Crippen LogP contribution >= 0.6 is 11.3 Å². The van der Waals surface area contributed by atoms with Crippen molar-refractivity contribution in [3.05, 3.63) is 78.0 Å². The SMILES string of the molecule is O=C(Cc1csc(-c2ccccc2)n1)NCc1ccc(-n2cncn2)nc1. The van der Waals surface area contributed by atoms with Crippen LogP contribution in [0.15, 0.2) is 66.7 Å². The van der Waals surface area contributed by atoms with Crippen molar-refractivity contribution < 1.29 is 4.79 Å². The fourth-order valence-corrected chi connectivity index (χ4v) is 3.34. The maximum atomic E-state index is 12.2. The monoisotopic (exact) mass is 376 g/mol. The summed E-state index contributed by atoms with van der Waals surface area (Å²) < 4.78 is 1.58. The van der Waals surface area contributed by atoms with Gasteiger partial charge < -0.3 is 5.32 Å². The van der Waals surface area contributed by atoms with Gasteiger partial charge in [0, 0.05) is 23.7 Å². The van der Waals surface area contributed by atoms with Gasteiger partial charge in [0.05, 0.1) is 12.1 Å². The maximum absolute atomic E-state index is 12.2. The van der Waals surface area contributed by atoms with E-state index in [2.05, 4.69) is 25.4 Å². The normalized spacial score (nSPS) is 10.7. The highest BCUT2D eigenvalue weighted by molar-refractivity contribution is 7.13. The fourth-order valence-electron chi connectivity index (χ4n) is 2.51. The van der Waals surface area contributed by atoms with Gasteiger partial charge in [0.1, 0.15) is 17.7 Å². The lowest BCUT2D eigenvalue weighted by Gasteiger charge is -2.05. The Kier molecular flexibility index (Phi) is 4.97. The molecule has 0 atom stereocenters. The average Bonchev–Trinajstić information content (AvgIpc) is 3.40. The van der Waals surface area contributed by atoms with Crippen molar-refractivity contribution in [3.8, 4) is 16.4 Å². The summed E-state index contributed by atoms with van der Waals surface area (Å²) >= 11 is 1.54. The Morgan fingerprint density at radius 2 is 2.04 bits per heavy atom. The van der Waals surface area contributed by atoms with E-state index in [1.807, 2.05) is 47.8 Å². The topological polar surface area (TPSA) is 85.6 Å². The maximum Gasteiger partial charge on any atom is 0.226 e. The lowest BCUT2D eigenvalue weighted by molar-refractivity contribution is -0.120. The van der Waals surface area contributed by atoms with Gasteiger partial charge in [-0.05, 0) is 11.6 Å². The number of thiazole rings is 1. The third kappa shape index (κ3) is 4.24. The van der Waals surface area contributed by atoms with Crippen molar-refractivity contribution in [1.29, 1.82) is 0 Å². The standard InChI is InChI=1S/C19H16N6OS/c26-18(8-16-11-27-19(24-16)15-4-2-1-3-5-15)22-10-14-6-7-17(21-9-14)25-13-20-12-23-25/h1-7,9,11-13H,8,10H2,(H,22,26). The molecule has 1 amide bonds. The summed E-state index contributed by atoms with van der Waals surface area (Å²) in [7, 11) is 0. The number of aromatic nitrogens is 5. The summed E-state index contributed by atoms with van der Waals surface area (Å²) in [6.45, 7) is 0.416. The third-order valence-electron chi connectivity index (χ3n) is 3.87. The molecule has 0 spiro atoms. The van der Waals surface area contributed by atoms with E-state index < -0.39 is 0 Å². The minimum Gasteiger partial charge on any atom is -0.352 e. The molecular formula is C19H16N6OS. The molecule has 0 fully saturated rings. The Bertz CT molecular complexity index is 1010. The number of carbonyl (C=O) groups excluding carboxylic acids is 1. The van der Waals surface area contributed by atoms with Gasteiger partial charge in [-0.3, -0.25) is 4.79 Å². The van der Waals surface area contributed by atoms with Crippen LogP contribution in [0.1, 0.15) is 11.3 Å². The highest BCUT2D eigenvalue weighted by Crippen LogP contribution is 2.23. The molecule has 0 radical (unpaired) electrons. The second-order valence-electron chi connectivity index (χ2n) is 5.83. The summed E-state index contributed by atoms with van der Waals surface area (Å²) in [5, 5.41) is 9.78.